The van der Waals surface area contributed by atoms with E-state index in [0.29, 0.717) is 5.56 Å². The van der Waals surface area contributed by atoms with E-state index in [4.69, 9.17) is 20.4 Å². The molecule has 6 heteroatoms. The Morgan fingerprint density at radius 2 is 1.25 bits per heavy atom. The summed E-state index contributed by atoms with van der Waals surface area (Å²) < 4.78 is 0. The normalized spacial score (nSPS) is 10.3. The molecule has 0 heterocycles. The SMILES string of the molecule is O=C(O)C=Cc1ccc(O)c(O)c1.O=C(O)C=Cc1ccccc1. The summed E-state index contributed by atoms with van der Waals surface area (Å²) in [6, 6.07) is 13.4. The van der Waals surface area contributed by atoms with Crippen LogP contribution in [-0.4, -0.2) is 32.4 Å². The third-order valence-corrected chi connectivity index (χ3v) is 2.64. The molecule has 0 radical (unpaired) electrons. The number of aliphatic carboxylic acids is 2. The second-order valence-electron chi connectivity index (χ2n) is 4.50. The molecular formula is C18H16O6. The molecule has 0 spiro atoms. The molecular weight excluding hydrogens is 312 g/mol. The van der Waals surface area contributed by atoms with Crippen LogP contribution in [0.2, 0.25) is 0 Å². The number of hydrogen-bond acceptors (Lipinski definition) is 4. The molecule has 0 fully saturated rings. The van der Waals surface area contributed by atoms with E-state index in [1.54, 1.807) is 6.08 Å². The highest BCUT2D eigenvalue weighted by atomic mass is 16.4. The fraction of sp³-hybridized carbons (Fsp3) is 0. The molecule has 2 aromatic rings. The van der Waals surface area contributed by atoms with Crippen LogP contribution >= 0.6 is 0 Å². The molecule has 0 atom stereocenters. The van der Waals surface area contributed by atoms with Gasteiger partial charge in [0.15, 0.2) is 11.5 Å². The number of carbonyl (C=O) groups is 2. The fourth-order valence-corrected chi connectivity index (χ4v) is 1.54. The van der Waals surface area contributed by atoms with Crippen molar-refractivity contribution in [2.24, 2.45) is 0 Å². The van der Waals surface area contributed by atoms with Gasteiger partial charge in [0.1, 0.15) is 0 Å². The van der Waals surface area contributed by atoms with Gasteiger partial charge in [-0.2, -0.15) is 0 Å². The Balaban J connectivity index is 0.000000243. The van der Waals surface area contributed by atoms with Gasteiger partial charge in [-0.25, -0.2) is 9.59 Å². The highest BCUT2D eigenvalue weighted by Crippen LogP contribution is 2.25. The Bertz CT molecular complexity index is 747. The van der Waals surface area contributed by atoms with Crippen LogP contribution < -0.4 is 0 Å². The predicted octanol–water partition coefficient (Wildman–Crippen LogP) is 2.98. The summed E-state index contributed by atoms with van der Waals surface area (Å²) >= 11 is 0. The van der Waals surface area contributed by atoms with Gasteiger partial charge in [-0.1, -0.05) is 36.4 Å². The van der Waals surface area contributed by atoms with Crippen LogP contribution in [0.15, 0.2) is 60.7 Å². The summed E-state index contributed by atoms with van der Waals surface area (Å²) in [5.74, 6) is -2.48. The van der Waals surface area contributed by atoms with Gasteiger partial charge in [0.25, 0.3) is 0 Å². The number of phenols is 2. The van der Waals surface area contributed by atoms with Crippen molar-refractivity contribution in [1.82, 2.24) is 0 Å². The molecule has 0 bridgehead atoms. The third kappa shape index (κ3) is 7.46. The van der Waals surface area contributed by atoms with Gasteiger partial charge in [-0.05, 0) is 35.4 Å². The van der Waals surface area contributed by atoms with Crippen molar-refractivity contribution in [1.29, 1.82) is 0 Å². The van der Waals surface area contributed by atoms with Gasteiger partial charge in [0.2, 0.25) is 0 Å². The molecule has 0 aliphatic carbocycles. The number of rotatable bonds is 4. The number of carboxylic acid groups (broad SMARTS) is 2. The average molecular weight is 328 g/mol. The summed E-state index contributed by atoms with van der Waals surface area (Å²) in [6.45, 7) is 0. The highest BCUT2D eigenvalue weighted by molar-refractivity contribution is 5.85. The second-order valence-corrected chi connectivity index (χ2v) is 4.50. The van der Waals surface area contributed by atoms with E-state index in [2.05, 4.69) is 0 Å². The van der Waals surface area contributed by atoms with E-state index in [1.807, 2.05) is 30.3 Å². The number of hydrogen-bond donors (Lipinski definition) is 4. The Morgan fingerprint density at radius 3 is 1.75 bits per heavy atom. The quantitative estimate of drug-likeness (QED) is 0.506. The van der Waals surface area contributed by atoms with Crippen molar-refractivity contribution < 1.29 is 30.0 Å². The molecule has 4 N–H and O–H groups in total. The van der Waals surface area contributed by atoms with Crippen LogP contribution in [0.4, 0.5) is 0 Å². The number of benzene rings is 2. The number of aromatic hydroxyl groups is 2. The van der Waals surface area contributed by atoms with Crippen molar-refractivity contribution in [3.8, 4) is 11.5 Å². The lowest BCUT2D eigenvalue weighted by atomic mass is 10.2. The number of phenolic OH excluding ortho intramolecular Hbond substituents is 2. The highest BCUT2D eigenvalue weighted by Gasteiger charge is 1.97. The van der Waals surface area contributed by atoms with Crippen LogP contribution in [0.5, 0.6) is 11.5 Å². The molecule has 0 unspecified atom stereocenters. The topological polar surface area (TPSA) is 115 Å². The summed E-state index contributed by atoms with van der Waals surface area (Å²) in [4.78, 5) is 20.2. The lowest BCUT2D eigenvalue weighted by Gasteiger charge is -1.97. The van der Waals surface area contributed by atoms with Gasteiger partial charge in [0.05, 0.1) is 0 Å². The van der Waals surface area contributed by atoms with Crippen molar-refractivity contribution in [2.75, 3.05) is 0 Å². The molecule has 0 saturated carbocycles. The second kappa shape index (κ2) is 9.47. The van der Waals surface area contributed by atoms with Crippen LogP contribution in [0.3, 0.4) is 0 Å². The summed E-state index contributed by atoms with van der Waals surface area (Å²) in [6.07, 6.45) is 4.95. The largest absolute Gasteiger partial charge is 0.504 e. The zero-order chi connectivity index (χ0) is 17.9. The van der Waals surface area contributed by atoms with E-state index in [0.717, 1.165) is 17.7 Å². The number of carboxylic acids is 2. The van der Waals surface area contributed by atoms with Crippen molar-refractivity contribution in [2.45, 2.75) is 0 Å². The van der Waals surface area contributed by atoms with Gasteiger partial charge in [0, 0.05) is 12.2 Å². The molecule has 2 rings (SSSR count). The van der Waals surface area contributed by atoms with Crippen molar-refractivity contribution in [3.05, 3.63) is 71.8 Å². The lowest BCUT2D eigenvalue weighted by Crippen LogP contribution is -1.85. The maximum Gasteiger partial charge on any atom is 0.328 e. The van der Waals surface area contributed by atoms with E-state index in [-0.39, 0.29) is 11.5 Å². The third-order valence-electron chi connectivity index (χ3n) is 2.64. The maximum atomic E-state index is 10.1. The smallest absolute Gasteiger partial charge is 0.328 e. The first-order valence-electron chi connectivity index (χ1n) is 6.77. The molecule has 24 heavy (non-hydrogen) atoms. The van der Waals surface area contributed by atoms with Crippen molar-refractivity contribution in [3.63, 3.8) is 0 Å². The Labute approximate surface area is 138 Å². The standard InChI is InChI=1S/C9H8O4.C9H8O2/c10-7-3-1-6(5-8(7)11)2-4-9(12)13;10-9(11)7-6-8-4-2-1-3-5-8/h1-5,10-11H,(H,12,13);1-7H,(H,10,11). The van der Waals surface area contributed by atoms with Crippen LogP contribution in [0.25, 0.3) is 12.2 Å². The minimum Gasteiger partial charge on any atom is -0.504 e. The molecule has 0 aliphatic heterocycles. The van der Waals surface area contributed by atoms with E-state index < -0.39 is 11.9 Å². The van der Waals surface area contributed by atoms with Crippen LogP contribution in [0, 0.1) is 0 Å². The van der Waals surface area contributed by atoms with Crippen LogP contribution in [-0.2, 0) is 9.59 Å². The Kier molecular flexibility index (Phi) is 7.30. The fourth-order valence-electron chi connectivity index (χ4n) is 1.54. The first-order valence-corrected chi connectivity index (χ1v) is 6.77. The molecule has 124 valence electrons. The molecule has 0 aliphatic rings. The van der Waals surface area contributed by atoms with E-state index >= 15 is 0 Å². The minimum atomic E-state index is -1.06. The maximum absolute atomic E-state index is 10.1. The lowest BCUT2D eigenvalue weighted by molar-refractivity contribution is -0.132. The average Bonchev–Trinajstić information content (AvgIpc) is 2.55. The molecule has 0 amide bonds. The summed E-state index contributed by atoms with van der Waals surface area (Å²) in [7, 11) is 0. The predicted molar refractivity (Wildman–Crippen MR) is 89.6 cm³/mol. The van der Waals surface area contributed by atoms with Crippen LogP contribution in [0.1, 0.15) is 11.1 Å². The zero-order valence-electron chi connectivity index (χ0n) is 12.5. The minimum absolute atomic E-state index is 0.229. The van der Waals surface area contributed by atoms with E-state index in [1.165, 1.54) is 24.3 Å². The summed E-state index contributed by atoms with van der Waals surface area (Å²) in [5, 5.41) is 34.6. The monoisotopic (exact) mass is 328 g/mol. The molecule has 2 aromatic carbocycles. The zero-order valence-corrected chi connectivity index (χ0v) is 12.5. The van der Waals surface area contributed by atoms with E-state index in [9.17, 15) is 9.59 Å². The van der Waals surface area contributed by atoms with Gasteiger partial charge < -0.3 is 20.4 Å². The Morgan fingerprint density at radius 1 is 0.708 bits per heavy atom. The van der Waals surface area contributed by atoms with Gasteiger partial charge in [-0.3, -0.25) is 0 Å². The first kappa shape index (κ1) is 18.5. The molecule has 0 aromatic heterocycles. The molecule has 0 saturated heterocycles. The molecule has 6 nitrogen and oxygen atoms in total. The van der Waals surface area contributed by atoms with Crippen molar-refractivity contribution >= 4 is 24.1 Å². The van der Waals surface area contributed by atoms with Gasteiger partial charge >= 0.3 is 11.9 Å². The summed E-state index contributed by atoms with van der Waals surface area (Å²) in [5.41, 5.74) is 1.41. The Hall–Kier alpha value is -3.54. The van der Waals surface area contributed by atoms with Gasteiger partial charge in [-0.15, -0.1) is 0 Å². The first-order chi connectivity index (χ1) is 11.4.